The van der Waals surface area contributed by atoms with Crippen molar-refractivity contribution in [2.24, 2.45) is 16.7 Å². The zero-order valence-electron chi connectivity index (χ0n) is 11.8. The summed E-state index contributed by atoms with van der Waals surface area (Å²) in [7, 11) is 0. The Morgan fingerprint density at radius 2 is 1.89 bits per heavy atom. The third-order valence-corrected chi connectivity index (χ3v) is 7.46. The van der Waals surface area contributed by atoms with Gasteiger partial charge in [0.15, 0.2) is 0 Å². The van der Waals surface area contributed by atoms with Crippen LogP contribution in [0.2, 0.25) is 0 Å². The van der Waals surface area contributed by atoms with Crippen LogP contribution in [-0.4, -0.2) is 4.98 Å². The van der Waals surface area contributed by atoms with Crippen LogP contribution in [0, 0.1) is 16.7 Å². The summed E-state index contributed by atoms with van der Waals surface area (Å²) in [6.07, 6.45) is 10.5. The Balaban J connectivity index is 1.78. The van der Waals surface area contributed by atoms with Gasteiger partial charge in [0.25, 0.3) is 0 Å². The maximum absolute atomic E-state index is 5.97. The molecule has 0 aromatic carbocycles. The van der Waals surface area contributed by atoms with E-state index in [-0.39, 0.29) is 0 Å². The molecule has 1 nitrogen and oxygen atoms in total. The molecule has 4 bridgehead atoms. The van der Waals surface area contributed by atoms with Crippen molar-refractivity contribution in [3.63, 3.8) is 0 Å². The molecule has 1 heterocycles. The lowest BCUT2D eigenvalue weighted by molar-refractivity contribution is -0.110. The van der Waals surface area contributed by atoms with E-state index in [2.05, 4.69) is 13.8 Å². The Labute approximate surface area is 124 Å². The smallest absolute Gasteiger partial charge is 0.0990 e. The number of hydrogen-bond donors (Lipinski definition) is 0. The fourth-order valence-electron chi connectivity index (χ4n) is 6.30. The number of hydrogen-bond acceptors (Lipinski definition) is 2. The molecule has 2 unspecified atom stereocenters. The van der Waals surface area contributed by atoms with Crippen molar-refractivity contribution in [2.45, 2.75) is 63.7 Å². The van der Waals surface area contributed by atoms with E-state index >= 15 is 0 Å². The van der Waals surface area contributed by atoms with Crippen LogP contribution < -0.4 is 0 Å². The van der Waals surface area contributed by atoms with E-state index in [0.29, 0.717) is 22.1 Å². The molecule has 0 radical (unpaired) electrons. The van der Waals surface area contributed by atoms with E-state index < -0.39 is 0 Å². The maximum atomic E-state index is 5.97. The standard InChI is InChI=1S/C16H22ClNS/c1-14-3-11-4-15(2,8-14)10-16(5-11,9-14)13-18-7-12(6-17)19-13/h7,11H,3-6,8-10H2,1-2H3. The molecular formula is C16H22ClNS. The van der Waals surface area contributed by atoms with Crippen LogP contribution in [0.4, 0.5) is 0 Å². The first-order valence-electron chi connectivity index (χ1n) is 7.46. The third kappa shape index (κ3) is 1.82. The molecule has 3 heteroatoms. The molecule has 0 spiro atoms. The van der Waals surface area contributed by atoms with Gasteiger partial charge in [0.2, 0.25) is 0 Å². The van der Waals surface area contributed by atoms with Gasteiger partial charge in [-0.25, -0.2) is 4.98 Å². The second-order valence-electron chi connectivity index (χ2n) is 8.18. The van der Waals surface area contributed by atoms with Gasteiger partial charge < -0.3 is 0 Å². The first kappa shape index (κ1) is 12.6. The fraction of sp³-hybridized carbons (Fsp3) is 0.812. The molecule has 4 fully saturated rings. The Morgan fingerprint density at radius 1 is 1.21 bits per heavy atom. The predicted octanol–water partition coefficient (Wildman–Crippen LogP) is 5.13. The van der Waals surface area contributed by atoms with Crippen molar-refractivity contribution in [3.05, 3.63) is 16.1 Å². The number of halogens is 1. The van der Waals surface area contributed by atoms with Crippen LogP contribution in [0.1, 0.15) is 62.3 Å². The van der Waals surface area contributed by atoms with Gasteiger partial charge in [0.05, 0.1) is 10.9 Å². The topological polar surface area (TPSA) is 12.9 Å². The summed E-state index contributed by atoms with van der Waals surface area (Å²) in [6.45, 7) is 5.06. The van der Waals surface area contributed by atoms with E-state index in [9.17, 15) is 0 Å². The Morgan fingerprint density at radius 3 is 2.42 bits per heavy atom. The highest BCUT2D eigenvalue weighted by Crippen LogP contribution is 2.70. The quantitative estimate of drug-likeness (QED) is 0.689. The predicted molar refractivity (Wildman–Crippen MR) is 80.8 cm³/mol. The van der Waals surface area contributed by atoms with Crippen molar-refractivity contribution >= 4 is 22.9 Å². The van der Waals surface area contributed by atoms with Crippen molar-refractivity contribution in [1.29, 1.82) is 0 Å². The van der Waals surface area contributed by atoms with Gasteiger partial charge in [-0.05, 0) is 55.3 Å². The molecule has 2 atom stereocenters. The Hall–Kier alpha value is -0.0800. The lowest BCUT2D eigenvalue weighted by atomic mass is 9.40. The molecule has 19 heavy (non-hydrogen) atoms. The van der Waals surface area contributed by atoms with E-state index in [1.807, 2.05) is 17.5 Å². The summed E-state index contributed by atoms with van der Waals surface area (Å²) in [6, 6.07) is 0. The van der Waals surface area contributed by atoms with Gasteiger partial charge in [0.1, 0.15) is 0 Å². The molecule has 0 amide bonds. The van der Waals surface area contributed by atoms with Crippen molar-refractivity contribution in [2.75, 3.05) is 0 Å². The lowest BCUT2D eigenvalue weighted by Gasteiger charge is -2.64. The van der Waals surface area contributed by atoms with Gasteiger partial charge in [0, 0.05) is 16.5 Å². The molecule has 4 aliphatic carbocycles. The molecular weight excluding hydrogens is 274 g/mol. The first-order chi connectivity index (χ1) is 8.94. The summed E-state index contributed by atoms with van der Waals surface area (Å²) in [5, 5.41) is 1.39. The number of rotatable bonds is 2. The molecule has 1 aromatic rings. The Kier molecular flexibility index (Phi) is 2.50. The first-order valence-corrected chi connectivity index (χ1v) is 8.81. The second-order valence-corrected chi connectivity index (χ2v) is 9.56. The maximum Gasteiger partial charge on any atom is 0.0990 e. The van der Waals surface area contributed by atoms with Crippen molar-refractivity contribution < 1.29 is 0 Å². The van der Waals surface area contributed by atoms with Crippen molar-refractivity contribution in [3.8, 4) is 0 Å². The van der Waals surface area contributed by atoms with Crippen LogP contribution in [-0.2, 0) is 11.3 Å². The summed E-state index contributed by atoms with van der Waals surface area (Å²) >= 11 is 7.85. The highest BCUT2D eigenvalue weighted by Gasteiger charge is 2.61. The van der Waals surface area contributed by atoms with E-state index in [0.717, 1.165) is 5.92 Å². The minimum atomic E-state index is 0.387. The van der Waals surface area contributed by atoms with Crippen molar-refractivity contribution in [1.82, 2.24) is 4.98 Å². The average Bonchev–Trinajstić information content (AvgIpc) is 2.72. The van der Waals surface area contributed by atoms with E-state index in [1.165, 1.54) is 48.4 Å². The van der Waals surface area contributed by atoms with Crippen LogP contribution >= 0.6 is 22.9 Å². The second kappa shape index (κ2) is 3.76. The number of nitrogens with zero attached hydrogens (tertiary/aromatic N) is 1. The zero-order valence-corrected chi connectivity index (χ0v) is 13.4. The van der Waals surface area contributed by atoms with Gasteiger partial charge >= 0.3 is 0 Å². The number of thiazole rings is 1. The monoisotopic (exact) mass is 295 g/mol. The van der Waals surface area contributed by atoms with Crippen LogP contribution in [0.3, 0.4) is 0 Å². The Bertz CT molecular complexity index is 505. The summed E-state index contributed by atoms with van der Waals surface area (Å²) in [4.78, 5) is 6.01. The van der Waals surface area contributed by atoms with Crippen LogP contribution in [0.15, 0.2) is 6.20 Å². The molecule has 104 valence electrons. The van der Waals surface area contributed by atoms with Gasteiger partial charge in [-0.3, -0.25) is 0 Å². The minimum absolute atomic E-state index is 0.387. The third-order valence-electron chi connectivity index (χ3n) is 5.77. The zero-order chi connectivity index (χ0) is 13.3. The molecule has 0 saturated heterocycles. The van der Waals surface area contributed by atoms with Gasteiger partial charge in [-0.2, -0.15) is 0 Å². The molecule has 0 N–H and O–H groups in total. The van der Waals surface area contributed by atoms with Crippen LogP contribution in [0.25, 0.3) is 0 Å². The highest BCUT2D eigenvalue weighted by atomic mass is 35.5. The highest BCUT2D eigenvalue weighted by molar-refractivity contribution is 7.12. The molecule has 0 aliphatic heterocycles. The fourth-order valence-corrected chi connectivity index (χ4v) is 7.49. The molecule has 5 rings (SSSR count). The number of alkyl halides is 1. The minimum Gasteiger partial charge on any atom is -0.249 e. The number of aromatic nitrogens is 1. The normalized spacial score (nSPS) is 47.8. The summed E-state index contributed by atoms with van der Waals surface area (Å²) < 4.78 is 0. The molecule has 4 aliphatic rings. The molecule has 4 saturated carbocycles. The van der Waals surface area contributed by atoms with Gasteiger partial charge in [-0.15, -0.1) is 22.9 Å². The summed E-state index contributed by atoms with van der Waals surface area (Å²) in [5.41, 5.74) is 1.53. The SMILES string of the molecule is CC12CC3CC(C)(C1)CC(c1ncc(CCl)s1)(C3)C2. The molecule has 1 aromatic heterocycles. The summed E-state index contributed by atoms with van der Waals surface area (Å²) in [5.74, 6) is 1.56. The average molecular weight is 296 g/mol. The van der Waals surface area contributed by atoms with Gasteiger partial charge in [-0.1, -0.05) is 13.8 Å². The van der Waals surface area contributed by atoms with E-state index in [1.54, 1.807) is 0 Å². The lowest BCUT2D eigenvalue weighted by Crippen LogP contribution is -2.56. The van der Waals surface area contributed by atoms with E-state index in [4.69, 9.17) is 16.6 Å². The van der Waals surface area contributed by atoms with Crippen LogP contribution in [0.5, 0.6) is 0 Å². The largest absolute Gasteiger partial charge is 0.249 e.